The van der Waals surface area contributed by atoms with Gasteiger partial charge in [-0.3, -0.25) is 0 Å². The van der Waals surface area contributed by atoms with Crippen LogP contribution in [0.3, 0.4) is 0 Å². The fraction of sp³-hybridized carbons (Fsp3) is 0.538. The van der Waals surface area contributed by atoms with E-state index in [1.54, 1.807) is 0 Å². The highest BCUT2D eigenvalue weighted by Gasteiger charge is 2.18. The Balaban J connectivity index is 1.94. The lowest BCUT2D eigenvalue weighted by molar-refractivity contribution is -0.186. The summed E-state index contributed by atoms with van der Waals surface area (Å²) in [6.07, 6.45) is 3.30. The van der Waals surface area contributed by atoms with Crippen LogP contribution in [0.2, 0.25) is 5.02 Å². The highest BCUT2D eigenvalue weighted by atomic mass is 35.5. The summed E-state index contributed by atoms with van der Waals surface area (Å²) in [5, 5.41) is 0.748. The molecule has 2 rings (SSSR count). The maximum atomic E-state index is 5.94. The topological polar surface area (TPSA) is 18.5 Å². The van der Waals surface area contributed by atoms with Gasteiger partial charge < -0.3 is 9.47 Å². The van der Waals surface area contributed by atoms with Crippen molar-refractivity contribution in [2.75, 3.05) is 6.61 Å². The van der Waals surface area contributed by atoms with Gasteiger partial charge in [0.05, 0.1) is 6.10 Å². The molecular formula is C13H17ClO2. The van der Waals surface area contributed by atoms with E-state index in [-0.39, 0.29) is 12.4 Å². The summed E-state index contributed by atoms with van der Waals surface area (Å²) in [6.45, 7) is 2.84. The third-order valence-electron chi connectivity index (χ3n) is 2.81. The van der Waals surface area contributed by atoms with E-state index in [1.807, 2.05) is 31.2 Å². The van der Waals surface area contributed by atoms with E-state index in [4.69, 9.17) is 21.1 Å². The van der Waals surface area contributed by atoms with E-state index < -0.39 is 0 Å². The first-order valence-corrected chi connectivity index (χ1v) is 6.16. The summed E-state index contributed by atoms with van der Waals surface area (Å²) in [7, 11) is 0. The van der Waals surface area contributed by atoms with Gasteiger partial charge in [0.2, 0.25) is 0 Å². The molecule has 3 heteroatoms. The van der Waals surface area contributed by atoms with Gasteiger partial charge in [0.25, 0.3) is 0 Å². The molecule has 1 aliphatic heterocycles. The van der Waals surface area contributed by atoms with Crippen molar-refractivity contribution in [3.63, 3.8) is 0 Å². The third-order valence-corrected chi connectivity index (χ3v) is 3.05. The summed E-state index contributed by atoms with van der Waals surface area (Å²) in [5.74, 6) is 0. The average Bonchev–Trinajstić information content (AvgIpc) is 2.30. The lowest BCUT2D eigenvalue weighted by Gasteiger charge is -2.26. The molecule has 2 nitrogen and oxygen atoms in total. The van der Waals surface area contributed by atoms with Crippen LogP contribution in [0.25, 0.3) is 0 Å². The Morgan fingerprint density at radius 1 is 1.44 bits per heavy atom. The van der Waals surface area contributed by atoms with Crippen molar-refractivity contribution in [3.8, 4) is 0 Å². The van der Waals surface area contributed by atoms with Crippen molar-refractivity contribution in [1.29, 1.82) is 0 Å². The molecule has 0 unspecified atom stereocenters. The van der Waals surface area contributed by atoms with E-state index in [0.29, 0.717) is 0 Å². The molecule has 0 bridgehead atoms. The minimum absolute atomic E-state index is 0.0294. The standard InChI is InChI=1S/C13H17ClO2/c1-10(11-5-4-6-12(14)9-11)16-13-7-2-3-8-15-13/h4-6,9-10,13H,2-3,7-8H2,1H3/t10-,13+/m0/s1. The third kappa shape index (κ3) is 3.21. The lowest BCUT2D eigenvalue weighted by atomic mass is 10.1. The van der Waals surface area contributed by atoms with Gasteiger partial charge in [-0.25, -0.2) is 0 Å². The molecule has 88 valence electrons. The summed E-state index contributed by atoms with van der Waals surface area (Å²) >= 11 is 5.94. The molecule has 1 aromatic rings. The number of halogens is 1. The molecule has 1 fully saturated rings. The predicted octanol–water partition coefficient (Wildman–Crippen LogP) is 3.94. The Kier molecular flexibility index (Phi) is 4.22. The zero-order valence-corrected chi connectivity index (χ0v) is 10.2. The lowest BCUT2D eigenvalue weighted by Crippen LogP contribution is -2.23. The van der Waals surface area contributed by atoms with Gasteiger partial charge in [-0.1, -0.05) is 23.7 Å². The predicted molar refractivity (Wildman–Crippen MR) is 64.5 cm³/mol. The smallest absolute Gasteiger partial charge is 0.158 e. The molecule has 1 aliphatic rings. The summed E-state index contributed by atoms with van der Waals surface area (Å²) in [6, 6.07) is 7.78. The van der Waals surface area contributed by atoms with E-state index in [2.05, 4.69) is 0 Å². The van der Waals surface area contributed by atoms with Gasteiger partial charge >= 0.3 is 0 Å². The molecule has 0 aromatic heterocycles. The highest BCUT2D eigenvalue weighted by molar-refractivity contribution is 6.30. The minimum atomic E-state index is -0.0530. The molecule has 2 atom stereocenters. The van der Waals surface area contributed by atoms with Crippen molar-refractivity contribution in [1.82, 2.24) is 0 Å². The molecule has 1 saturated heterocycles. The molecule has 1 aromatic carbocycles. The molecule has 0 aliphatic carbocycles. The molecule has 0 spiro atoms. The van der Waals surface area contributed by atoms with Gasteiger partial charge in [0.1, 0.15) is 0 Å². The number of hydrogen-bond acceptors (Lipinski definition) is 2. The van der Waals surface area contributed by atoms with Gasteiger partial charge in [-0.2, -0.15) is 0 Å². The second kappa shape index (κ2) is 5.67. The molecular weight excluding hydrogens is 224 g/mol. The number of ether oxygens (including phenoxy) is 2. The van der Waals surface area contributed by atoms with E-state index in [0.717, 1.165) is 30.0 Å². The fourth-order valence-electron chi connectivity index (χ4n) is 1.88. The van der Waals surface area contributed by atoms with Crippen molar-refractivity contribution in [3.05, 3.63) is 34.9 Å². The fourth-order valence-corrected chi connectivity index (χ4v) is 2.08. The Labute approximate surface area is 102 Å². The summed E-state index contributed by atoms with van der Waals surface area (Å²) in [4.78, 5) is 0. The monoisotopic (exact) mass is 240 g/mol. The Morgan fingerprint density at radius 2 is 2.31 bits per heavy atom. The highest BCUT2D eigenvalue weighted by Crippen LogP contribution is 2.25. The minimum Gasteiger partial charge on any atom is -0.353 e. The quantitative estimate of drug-likeness (QED) is 0.797. The Morgan fingerprint density at radius 3 is 3.00 bits per heavy atom. The number of hydrogen-bond donors (Lipinski definition) is 0. The molecule has 0 amide bonds. The molecule has 0 N–H and O–H groups in total. The number of rotatable bonds is 3. The van der Waals surface area contributed by atoms with Crippen LogP contribution in [0, 0.1) is 0 Å². The van der Waals surface area contributed by atoms with Crippen molar-refractivity contribution >= 4 is 11.6 Å². The summed E-state index contributed by atoms with van der Waals surface area (Å²) in [5.41, 5.74) is 1.10. The van der Waals surface area contributed by atoms with Gasteiger partial charge in [0.15, 0.2) is 6.29 Å². The zero-order valence-electron chi connectivity index (χ0n) is 9.49. The normalized spacial score (nSPS) is 23.0. The first kappa shape index (κ1) is 11.9. The average molecular weight is 241 g/mol. The first-order chi connectivity index (χ1) is 7.75. The van der Waals surface area contributed by atoms with Gasteiger partial charge in [0, 0.05) is 11.6 Å². The second-order valence-electron chi connectivity index (χ2n) is 4.13. The zero-order chi connectivity index (χ0) is 11.4. The van der Waals surface area contributed by atoms with Gasteiger partial charge in [-0.15, -0.1) is 0 Å². The van der Waals surface area contributed by atoms with Crippen LogP contribution in [-0.4, -0.2) is 12.9 Å². The largest absolute Gasteiger partial charge is 0.353 e. The van der Waals surface area contributed by atoms with E-state index >= 15 is 0 Å². The summed E-state index contributed by atoms with van der Waals surface area (Å²) < 4.78 is 11.4. The van der Waals surface area contributed by atoms with Crippen LogP contribution in [0.1, 0.15) is 37.9 Å². The van der Waals surface area contributed by atoms with E-state index in [1.165, 1.54) is 6.42 Å². The van der Waals surface area contributed by atoms with Crippen molar-refractivity contribution in [2.45, 2.75) is 38.6 Å². The molecule has 0 saturated carbocycles. The van der Waals surface area contributed by atoms with Crippen LogP contribution >= 0.6 is 11.6 Å². The number of benzene rings is 1. The van der Waals surface area contributed by atoms with Gasteiger partial charge in [-0.05, 0) is 43.9 Å². The maximum Gasteiger partial charge on any atom is 0.158 e. The van der Waals surface area contributed by atoms with E-state index in [9.17, 15) is 0 Å². The maximum absolute atomic E-state index is 5.94. The molecule has 16 heavy (non-hydrogen) atoms. The first-order valence-electron chi connectivity index (χ1n) is 5.78. The molecule has 1 heterocycles. The van der Waals surface area contributed by atoms with Crippen molar-refractivity contribution in [2.24, 2.45) is 0 Å². The Hall–Kier alpha value is -0.570. The van der Waals surface area contributed by atoms with Crippen LogP contribution in [0.15, 0.2) is 24.3 Å². The van der Waals surface area contributed by atoms with Crippen molar-refractivity contribution < 1.29 is 9.47 Å². The van der Waals surface area contributed by atoms with Crippen LogP contribution in [0.5, 0.6) is 0 Å². The second-order valence-corrected chi connectivity index (χ2v) is 4.57. The van der Waals surface area contributed by atoms with Crippen LogP contribution in [0.4, 0.5) is 0 Å². The van der Waals surface area contributed by atoms with Crippen LogP contribution in [-0.2, 0) is 9.47 Å². The van der Waals surface area contributed by atoms with Crippen LogP contribution < -0.4 is 0 Å². The SMILES string of the molecule is C[C@H](O[C@@H]1CCCCO1)c1cccc(Cl)c1. The Bertz CT molecular complexity index is 334. The molecule has 0 radical (unpaired) electrons.